The minimum Gasteiger partial charge on any atom is -0.504 e. The van der Waals surface area contributed by atoms with E-state index in [9.17, 15) is 9.90 Å². The number of carbonyl (C=O) groups excluding carboxylic acids is 1. The zero-order chi connectivity index (χ0) is 33.1. The minimum atomic E-state index is -0.896. The Morgan fingerprint density at radius 3 is 2.62 bits per heavy atom. The molecule has 2 aliphatic heterocycles. The van der Waals surface area contributed by atoms with Gasteiger partial charge in [-0.2, -0.15) is 0 Å². The van der Waals surface area contributed by atoms with Crippen LogP contribution in [0.1, 0.15) is 94.9 Å². The van der Waals surface area contributed by atoms with Gasteiger partial charge in [0, 0.05) is 53.8 Å². The number of piperidine rings is 1. The predicted molar refractivity (Wildman–Crippen MR) is 180 cm³/mol. The Balaban J connectivity index is 0.975. The maximum atomic E-state index is 13.7. The van der Waals surface area contributed by atoms with E-state index in [0.29, 0.717) is 24.8 Å². The number of likely N-dealkylation sites (tertiary alicyclic amines) is 1. The first-order valence-corrected chi connectivity index (χ1v) is 18.4. The third-order valence-corrected chi connectivity index (χ3v) is 15.2. The molecule has 0 amide bonds. The molecule has 6 fully saturated rings. The highest BCUT2D eigenvalue weighted by Gasteiger charge is 2.95. The summed E-state index contributed by atoms with van der Waals surface area (Å²) >= 11 is 0. The molecule has 2 heterocycles. The highest BCUT2D eigenvalue weighted by atomic mass is 16.7. The maximum absolute atomic E-state index is 13.7. The van der Waals surface area contributed by atoms with Crippen LogP contribution in [0.5, 0.6) is 11.5 Å². The van der Waals surface area contributed by atoms with Gasteiger partial charge in [0.25, 0.3) is 0 Å². The molecule has 254 valence electrons. The molecule has 5 saturated carbocycles. The number of methoxy groups -OCH3 is 1. The Kier molecular flexibility index (Phi) is 5.72. The lowest BCUT2D eigenvalue weighted by Gasteiger charge is -2.69. The summed E-state index contributed by atoms with van der Waals surface area (Å²) in [6.07, 6.45) is 10.5. The zero-order valence-electron chi connectivity index (χ0n) is 29.1. The van der Waals surface area contributed by atoms with Crippen molar-refractivity contribution >= 4 is 6.16 Å². The monoisotopic (exact) mass is 651 g/mol. The highest BCUT2D eigenvalue weighted by Crippen LogP contribution is 2.90. The molecule has 7 nitrogen and oxygen atoms in total. The summed E-state index contributed by atoms with van der Waals surface area (Å²) in [4.78, 5) is 16.6. The number of ether oxygens (including phenoxy) is 4. The largest absolute Gasteiger partial charge is 0.508 e. The standard InChI is InChI=1S/C41H49NO6/c1-36(2,3)37(4,48-35(44)46-19-16-24-12-13-26-8-6-7-9-27(26)20-24)30-21-38-17-18-41(30,45-5)34-39(38)23-40(33(38)42(40)22-25-10-11-25)28-14-15-29(43)32(47-34)31(28)39/h6-9,12,14-15,25,30,33-34,43H,10-11,13,16-23H2,1-5H3. The van der Waals surface area contributed by atoms with Crippen molar-refractivity contribution < 1.29 is 28.8 Å². The van der Waals surface area contributed by atoms with Gasteiger partial charge in [-0.15, -0.1) is 0 Å². The van der Waals surface area contributed by atoms with Crippen LogP contribution in [0, 0.1) is 22.7 Å². The Labute approximate surface area is 284 Å². The van der Waals surface area contributed by atoms with Crippen LogP contribution in [-0.4, -0.2) is 59.8 Å². The normalized spacial score (nSPS) is 39.9. The first-order chi connectivity index (χ1) is 22.9. The number of aromatic hydroxyl groups is 1. The summed E-state index contributed by atoms with van der Waals surface area (Å²) in [5, 5.41) is 11.2. The van der Waals surface area contributed by atoms with Gasteiger partial charge in [-0.1, -0.05) is 62.8 Å². The van der Waals surface area contributed by atoms with Gasteiger partial charge in [-0.3, -0.25) is 4.90 Å². The Morgan fingerprint density at radius 1 is 1.08 bits per heavy atom. The van der Waals surface area contributed by atoms with Crippen LogP contribution in [-0.2, 0) is 38.0 Å². The second kappa shape index (κ2) is 9.19. The van der Waals surface area contributed by atoms with Gasteiger partial charge in [0.15, 0.2) is 11.5 Å². The number of benzene rings is 2. The second-order valence-corrected chi connectivity index (χ2v) is 17.8. The van der Waals surface area contributed by atoms with Crippen LogP contribution in [0.25, 0.3) is 0 Å². The number of carbonyl (C=O) groups is 1. The molecule has 0 radical (unpaired) electrons. The molecule has 1 saturated heterocycles. The lowest BCUT2D eigenvalue weighted by molar-refractivity contribution is -0.291. The Bertz CT molecular complexity index is 1790. The molecule has 1 N–H and O–H groups in total. The number of hydrogen-bond donors (Lipinski definition) is 1. The van der Waals surface area contributed by atoms with Gasteiger partial charge in [-0.25, -0.2) is 4.79 Å². The quantitative estimate of drug-likeness (QED) is 0.182. The van der Waals surface area contributed by atoms with Crippen molar-refractivity contribution in [3.05, 3.63) is 70.3 Å². The predicted octanol–water partition coefficient (Wildman–Crippen LogP) is 7.36. The van der Waals surface area contributed by atoms with Crippen molar-refractivity contribution in [2.24, 2.45) is 22.7 Å². The fraction of sp³-hybridized carbons (Fsp3) is 0.634. The van der Waals surface area contributed by atoms with Crippen molar-refractivity contribution in [1.82, 2.24) is 4.90 Å². The summed E-state index contributed by atoms with van der Waals surface area (Å²) in [5.41, 5.74) is 4.49. The molecule has 0 aromatic heterocycles. The summed E-state index contributed by atoms with van der Waals surface area (Å²) in [6, 6.07) is 13.1. The Hall–Kier alpha value is -3.03. The fourth-order valence-electron chi connectivity index (χ4n) is 12.6. The Morgan fingerprint density at radius 2 is 1.88 bits per heavy atom. The van der Waals surface area contributed by atoms with Crippen molar-refractivity contribution in [3.63, 3.8) is 0 Å². The molecule has 9 aliphatic rings. The molecule has 4 bridgehead atoms. The van der Waals surface area contributed by atoms with E-state index in [1.807, 2.05) is 13.2 Å². The van der Waals surface area contributed by atoms with E-state index in [0.717, 1.165) is 51.0 Å². The van der Waals surface area contributed by atoms with E-state index in [1.165, 1.54) is 40.7 Å². The van der Waals surface area contributed by atoms with Gasteiger partial charge in [-0.05, 0) is 87.0 Å². The van der Waals surface area contributed by atoms with Crippen molar-refractivity contribution in [2.45, 2.75) is 120 Å². The van der Waals surface area contributed by atoms with E-state index < -0.39 is 22.8 Å². The molecule has 2 aromatic carbocycles. The van der Waals surface area contributed by atoms with E-state index in [2.05, 4.69) is 69.0 Å². The molecule has 9 atom stereocenters. The third kappa shape index (κ3) is 3.32. The molecular weight excluding hydrogens is 602 g/mol. The van der Waals surface area contributed by atoms with Gasteiger partial charge in [0.05, 0.1) is 12.1 Å². The van der Waals surface area contributed by atoms with Crippen molar-refractivity contribution in [1.29, 1.82) is 0 Å². The SMILES string of the molecule is COC12CCC3(CC1C(C)(OC(=O)OCCC1=CCc4ccccc4C1)C(C)(C)C)C1N(CC4CC4)C14CC31c3c4ccc(O)c3OC21. The number of phenolic OH excluding ortho intramolecular Hbond substituents is 1. The minimum absolute atomic E-state index is 0.0212. The van der Waals surface area contributed by atoms with Crippen LogP contribution in [0.2, 0.25) is 0 Å². The van der Waals surface area contributed by atoms with Crippen LogP contribution in [0.3, 0.4) is 0 Å². The van der Waals surface area contributed by atoms with Gasteiger partial charge >= 0.3 is 6.16 Å². The highest BCUT2D eigenvalue weighted by molar-refractivity contribution is 5.72. The summed E-state index contributed by atoms with van der Waals surface area (Å²) < 4.78 is 26.3. The lowest BCUT2D eigenvalue weighted by Crippen LogP contribution is -2.78. The first-order valence-electron chi connectivity index (χ1n) is 18.4. The van der Waals surface area contributed by atoms with Gasteiger partial charge in [0.1, 0.15) is 17.3 Å². The average molecular weight is 652 g/mol. The molecule has 7 aliphatic carbocycles. The summed E-state index contributed by atoms with van der Waals surface area (Å²) in [7, 11) is 1.83. The molecule has 9 unspecified atom stereocenters. The topological polar surface area (TPSA) is 77.2 Å². The second-order valence-electron chi connectivity index (χ2n) is 17.8. The van der Waals surface area contributed by atoms with Crippen LogP contribution >= 0.6 is 0 Å². The van der Waals surface area contributed by atoms with E-state index in [1.54, 1.807) is 0 Å². The molecule has 3 spiro atoms. The maximum Gasteiger partial charge on any atom is 0.508 e. The average Bonchev–Trinajstić information content (AvgIpc) is 3.90. The van der Waals surface area contributed by atoms with Crippen molar-refractivity contribution in [3.8, 4) is 11.5 Å². The number of allylic oxidation sites excluding steroid dienone is 1. The van der Waals surface area contributed by atoms with Gasteiger partial charge < -0.3 is 24.1 Å². The van der Waals surface area contributed by atoms with E-state index >= 15 is 0 Å². The molecule has 48 heavy (non-hydrogen) atoms. The number of nitrogens with zero attached hydrogens (tertiary/aromatic N) is 1. The van der Waals surface area contributed by atoms with E-state index in [4.69, 9.17) is 18.9 Å². The number of hydrogen-bond acceptors (Lipinski definition) is 7. The van der Waals surface area contributed by atoms with Crippen LogP contribution in [0.15, 0.2) is 48.0 Å². The van der Waals surface area contributed by atoms with Crippen molar-refractivity contribution in [2.75, 3.05) is 20.3 Å². The van der Waals surface area contributed by atoms with Crippen LogP contribution < -0.4 is 4.74 Å². The summed E-state index contributed by atoms with van der Waals surface area (Å²) in [6.45, 7) is 10.1. The molecule has 7 heteroatoms. The molecule has 11 rings (SSSR count). The van der Waals surface area contributed by atoms with Crippen LogP contribution in [0.4, 0.5) is 4.79 Å². The number of fused-ring (bicyclic) bond motifs is 3. The summed E-state index contributed by atoms with van der Waals surface area (Å²) in [5.74, 6) is 1.59. The third-order valence-electron chi connectivity index (χ3n) is 15.2. The zero-order valence-corrected chi connectivity index (χ0v) is 29.1. The number of rotatable bonds is 8. The number of phenols is 1. The van der Waals surface area contributed by atoms with Gasteiger partial charge in [0.2, 0.25) is 0 Å². The lowest BCUT2D eigenvalue weighted by atomic mass is 9.38. The van der Waals surface area contributed by atoms with E-state index in [-0.39, 0.29) is 34.1 Å². The fourth-order valence-corrected chi connectivity index (χ4v) is 12.6. The molecular formula is C41H49NO6. The molecule has 2 aromatic rings. The smallest absolute Gasteiger partial charge is 0.504 e. The first kappa shape index (κ1) is 29.8.